The number of aliphatic carboxylic acids is 1. The normalized spacial score (nSPS) is 17.1. The average Bonchev–Trinajstić information content (AvgIpc) is 2.97. The number of hydrogen-bond acceptors (Lipinski definition) is 4. The highest BCUT2D eigenvalue weighted by molar-refractivity contribution is 6.13. The summed E-state index contributed by atoms with van der Waals surface area (Å²) in [5.41, 5.74) is 7.50. The molecule has 0 saturated carbocycles. The van der Waals surface area contributed by atoms with Crippen LogP contribution in [0.15, 0.2) is 48.8 Å². The summed E-state index contributed by atoms with van der Waals surface area (Å²) in [5, 5.41) is 7.12. The van der Waals surface area contributed by atoms with Gasteiger partial charge in [-0.2, -0.15) is 13.2 Å². The van der Waals surface area contributed by atoms with Crippen LogP contribution >= 0.6 is 0 Å². The highest BCUT2D eigenvalue weighted by atomic mass is 19.4. The third-order valence-corrected chi connectivity index (χ3v) is 5.35. The number of pyridine rings is 1. The molecule has 0 atom stereocenters. The van der Waals surface area contributed by atoms with Crippen LogP contribution in [-0.4, -0.2) is 52.2 Å². The molecule has 8 nitrogen and oxygen atoms in total. The van der Waals surface area contributed by atoms with E-state index in [9.17, 15) is 22.8 Å². The number of anilines is 2. The van der Waals surface area contributed by atoms with Crippen LogP contribution in [0.2, 0.25) is 0 Å². The van der Waals surface area contributed by atoms with Gasteiger partial charge in [0.1, 0.15) is 0 Å². The molecule has 11 heteroatoms. The largest absolute Gasteiger partial charge is 0.490 e. The number of alkyl halides is 3. The van der Waals surface area contributed by atoms with E-state index in [2.05, 4.69) is 4.98 Å². The molecule has 0 unspecified atom stereocenters. The number of halogens is 3. The summed E-state index contributed by atoms with van der Waals surface area (Å²) in [6.07, 6.45) is -0.519. The van der Waals surface area contributed by atoms with Crippen LogP contribution in [0, 0.1) is 0 Å². The molecule has 1 aromatic heterocycles. The second-order valence-corrected chi connectivity index (χ2v) is 7.08. The Balaban J connectivity index is 0.000000339. The number of urea groups is 1. The van der Waals surface area contributed by atoms with E-state index in [0.717, 1.165) is 16.9 Å². The lowest BCUT2D eigenvalue weighted by Gasteiger charge is -2.37. The Morgan fingerprint density at radius 1 is 1.10 bits per heavy atom. The molecule has 1 aromatic carbocycles. The number of rotatable bonds is 1. The molecule has 3 amide bonds. The molecule has 2 aliphatic rings. The molecule has 3 N–H and O–H groups in total. The standard InChI is InChI=1S/C18H18N4O2.C2HF3O2/c19-17(24)21-10-7-18(8-11-21)14-5-1-2-6-15(14)22(16(18)23)13-4-3-9-20-12-13;3-2(4,5)1(6)7/h1-6,9,12H,7-8,10-11H2,(H2,19,24);(H,6,7). The molecular weight excluding hydrogens is 417 g/mol. The van der Waals surface area contributed by atoms with E-state index >= 15 is 0 Å². The van der Waals surface area contributed by atoms with E-state index in [1.165, 1.54) is 0 Å². The summed E-state index contributed by atoms with van der Waals surface area (Å²) in [5.74, 6) is -2.70. The molecule has 31 heavy (non-hydrogen) atoms. The Kier molecular flexibility index (Phi) is 5.87. The lowest BCUT2D eigenvalue weighted by molar-refractivity contribution is -0.192. The van der Waals surface area contributed by atoms with Gasteiger partial charge in [-0.25, -0.2) is 9.59 Å². The second-order valence-electron chi connectivity index (χ2n) is 7.08. The number of carboxylic acid groups (broad SMARTS) is 1. The Hall–Kier alpha value is -3.63. The van der Waals surface area contributed by atoms with Crippen molar-refractivity contribution in [3.8, 4) is 0 Å². The maximum Gasteiger partial charge on any atom is 0.490 e. The number of nitrogens with zero attached hydrogens (tertiary/aromatic N) is 3. The number of carbonyl (C=O) groups is 3. The second kappa shape index (κ2) is 8.25. The minimum Gasteiger partial charge on any atom is -0.475 e. The molecule has 164 valence electrons. The number of primary amides is 1. The molecule has 0 aliphatic carbocycles. The molecule has 1 spiro atoms. The van der Waals surface area contributed by atoms with Gasteiger partial charge in [0.25, 0.3) is 0 Å². The van der Waals surface area contributed by atoms with Gasteiger partial charge in [-0.1, -0.05) is 18.2 Å². The topological polar surface area (TPSA) is 117 Å². The number of benzene rings is 1. The number of piperidine rings is 1. The van der Waals surface area contributed by atoms with Gasteiger partial charge in [0.15, 0.2) is 0 Å². The zero-order valence-electron chi connectivity index (χ0n) is 16.2. The average molecular weight is 436 g/mol. The van der Waals surface area contributed by atoms with E-state index < -0.39 is 23.6 Å². The molecule has 2 aromatic rings. The molecule has 0 radical (unpaired) electrons. The number of hydrogen-bond donors (Lipinski definition) is 2. The van der Waals surface area contributed by atoms with Gasteiger partial charge >= 0.3 is 18.2 Å². The van der Waals surface area contributed by atoms with Crippen molar-refractivity contribution in [3.05, 3.63) is 54.4 Å². The van der Waals surface area contributed by atoms with Crippen molar-refractivity contribution >= 4 is 29.3 Å². The first-order valence-corrected chi connectivity index (χ1v) is 9.26. The van der Waals surface area contributed by atoms with E-state index in [-0.39, 0.29) is 5.91 Å². The first-order valence-electron chi connectivity index (χ1n) is 9.26. The van der Waals surface area contributed by atoms with Crippen LogP contribution in [0.5, 0.6) is 0 Å². The summed E-state index contributed by atoms with van der Waals surface area (Å²) in [6, 6.07) is 11.2. The Labute approximate surface area is 175 Å². The van der Waals surface area contributed by atoms with E-state index in [1.54, 1.807) is 22.2 Å². The number of carboxylic acids is 1. The highest BCUT2D eigenvalue weighted by Crippen LogP contribution is 2.50. The first-order chi connectivity index (χ1) is 14.6. The maximum absolute atomic E-state index is 13.4. The van der Waals surface area contributed by atoms with Crippen LogP contribution in [0.4, 0.5) is 29.3 Å². The minimum absolute atomic E-state index is 0.0563. The number of nitrogens with two attached hydrogens (primary N) is 1. The van der Waals surface area contributed by atoms with Gasteiger partial charge < -0.3 is 15.7 Å². The highest BCUT2D eigenvalue weighted by Gasteiger charge is 2.52. The summed E-state index contributed by atoms with van der Waals surface area (Å²) >= 11 is 0. The van der Waals surface area contributed by atoms with Crippen LogP contribution in [0.25, 0.3) is 0 Å². The summed E-state index contributed by atoms with van der Waals surface area (Å²) in [6.45, 7) is 0.993. The van der Waals surface area contributed by atoms with Crippen molar-refractivity contribution in [2.75, 3.05) is 18.0 Å². The number of amides is 3. The third kappa shape index (κ3) is 4.16. The third-order valence-electron chi connectivity index (χ3n) is 5.35. The molecule has 3 heterocycles. The van der Waals surface area contributed by atoms with Crippen LogP contribution in [0.1, 0.15) is 18.4 Å². The van der Waals surface area contributed by atoms with Crippen molar-refractivity contribution in [2.45, 2.75) is 24.4 Å². The predicted molar refractivity (Wildman–Crippen MR) is 104 cm³/mol. The van der Waals surface area contributed by atoms with E-state index in [4.69, 9.17) is 15.6 Å². The van der Waals surface area contributed by atoms with E-state index in [0.29, 0.717) is 25.9 Å². The summed E-state index contributed by atoms with van der Waals surface area (Å²) in [4.78, 5) is 41.2. The number of carbonyl (C=O) groups excluding carboxylic acids is 2. The fourth-order valence-corrected chi connectivity index (χ4v) is 3.85. The van der Waals surface area contributed by atoms with Gasteiger partial charge in [-0.05, 0) is 36.6 Å². The number of fused-ring (bicyclic) bond motifs is 2. The summed E-state index contributed by atoms with van der Waals surface area (Å²) < 4.78 is 31.7. The summed E-state index contributed by atoms with van der Waals surface area (Å²) in [7, 11) is 0. The minimum atomic E-state index is -5.08. The quantitative estimate of drug-likeness (QED) is 0.713. The maximum atomic E-state index is 13.4. The Morgan fingerprint density at radius 2 is 1.71 bits per heavy atom. The zero-order chi connectivity index (χ0) is 22.8. The molecule has 1 fully saturated rings. The number of aromatic nitrogens is 1. The molecule has 0 bridgehead atoms. The number of likely N-dealkylation sites (tertiary alicyclic amines) is 1. The van der Waals surface area contributed by atoms with Gasteiger partial charge in [-0.3, -0.25) is 14.7 Å². The zero-order valence-corrected chi connectivity index (χ0v) is 16.2. The Morgan fingerprint density at radius 3 is 2.23 bits per heavy atom. The monoisotopic (exact) mass is 436 g/mol. The van der Waals surface area contributed by atoms with Crippen molar-refractivity contribution in [1.82, 2.24) is 9.88 Å². The van der Waals surface area contributed by atoms with Crippen molar-refractivity contribution in [3.63, 3.8) is 0 Å². The molecular formula is C20H19F3N4O4. The van der Waals surface area contributed by atoms with Gasteiger partial charge in [0.05, 0.1) is 23.0 Å². The molecule has 4 rings (SSSR count). The van der Waals surface area contributed by atoms with Crippen molar-refractivity contribution in [1.29, 1.82) is 0 Å². The fourth-order valence-electron chi connectivity index (χ4n) is 3.85. The van der Waals surface area contributed by atoms with E-state index in [1.807, 2.05) is 36.4 Å². The lowest BCUT2D eigenvalue weighted by Crippen LogP contribution is -2.50. The SMILES string of the molecule is NC(=O)N1CCC2(CC1)C(=O)N(c1cccnc1)c1ccccc12.O=C(O)C(F)(F)F. The van der Waals surface area contributed by atoms with Crippen molar-refractivity contribution in [2.24, 2.45) is 5.73 Å². The number of para-hydroxylation sites is 1. The van der Waals surface area contributed by atoms with Crippen LogP contribution < -0.4 is 10.6 Å². The molecule has 2 aliphatic heterocycles. The fraction of sp³-hybridized carbons (Fsp3) is 0.300. The lowest BCUT2D eigenvalue weighted by atomic mass is 9.73. The van der Waals surface area contributed by atoms with Crippen LogP contribution in [0.3, 0.4) is 0 Å². The van der Waals surface area contributed by atoms with Gasteiger partial charge in [0.2, 0.25) is 5.91 Å². The predicted octanol–water partition coefficient (Wildman–Crippen LogP) is 2.81. The smallest absolute Gasteiger partial charge is 0.475 e. The van der Waals surface area contributed by atoms with Gasteiger partial charge in [-0.15, -0.1) is 0 Å². The van der Waals surface area contributed by atoms with Crippen LogP contribution in [-0.2, 0) is 15.0 Å². The Bertz CT molecular complexity index is 989. The van der Waals surface area contributed by atoms with Crippen molar-refractivity contribution < 1.29 is 32.7 Å². The van der Waals surface area contributed by atoms with Gasteiger partial charge in [0, 0.05) is 19.3 Å². The first kappa shape index (κ1) is 22.1. The molecule has 1 saturated heterocycles.